The Balaban J connectivity index is 1.94. The van der Waals surface area contributed by atoms with E-state index in [1.165, 1.54) is 32.1 Å². The Morgan fingerprint density at radius 1 is 1.25 bits per heavy atom. The highest BCUT2D eigenvalue weighted by atomic mass is 28.3. The quantitative estimate of drug-likeness (QED) is 0.336. The largest absolute Gasteiger partial charge is 0.299 e. The van der Waals surface area contributed by atoms with Crippen LogP contribution in [0.2, 0.25) is 19.6 Å². The summed E-state index contributed by atoms with van der Waals surface area (Å²) in [6.07, 6.45) is 11.8. The fourth-order valence-corrected chi connectivity index (χ4v) is 6.41. The standard InChI is InChI=1S/C22H34OSi/c1-17-18-10-15-22(13-8-16-24(3,4)5)12-7-6-9-20(22)21(18,2)14-11-19(17)23/h9,17-18H,6-7,10-15H2,1-5H3/t17-,18?,21+,22+/m1/s1. The third-order valence-corrected chi connectivity index (χ3v) is 7.97. The molecule has 3 aliphatic carbocycles. The van der Waals surface area contributed by atoms with Crippen molar-refractivity contribution in [3.05, 3.63) is 11.6 Å². The van der Waals surface area contributed by atoms with Crippen LogP contribution in [0.1, 0.15) is 65.2 Å². The molecule has 1 unspecified atom stereocenters. The van der Waals surface area contributed by atoms with Crippen molar-refractivity contribution in [2.75, 3.05) is 0 Å². The van der Waals surface area contributed by atoms with Crippen LogP contribution in [0.25, 0.3) is 0 Å². The first-order valence-electron chi connectivity index (χ1n) is 9.92. The SMILES string of the molecule is C[C@H]1C(=O)CC[C@]2(C)C3=CCCC[C@]3(CC#C[Si](C)(C)C)CCC12. The number of ketones is 1. The molecule has 0 heterocycles. The van der Waals surface area contributed by atoms with Crippen molar-refractivity contribution in [2.24, 2.45) is 22.7 Å². The highest BCUT2D eigenvalue weighted by Gasteiger charge is 2.55. The second-order valence-electron chi connectivity index (χ2n) is 9.84. The Morgan fingerprint density at radius 2 is 2.00 bits per heavy atom. The zero-order chi connectivity index (χ0) is 17.6. The van der Waals surface area contributed by atoms with Gasteiger partial charge in [0.05, 0.1) is 0 Å². The molecule has 2 heteroatoms. The van der Waals surface area contributed by atoms with Gasteiger partial charge in [0.25, 0.3) is 0 Å². The Morgan fingerprint density at radius 3 is 2.71 bits per heavy atom. The van der Waals surface area contributed by atoms with Gasteiger partial charge in [-0.2, -0.15) is 0 Å². The summed E-state index contributed by atoms with van der Waals surface area (Å²) in [5, 5.41) is 0. The van der Waals surface area contributed by atoms with E-state index in [1.807, 2.05) is 0 Å². The molecule has 4 atom stereocenters. The molecule has 1 nitrogen and oxygen atoms in total. The molecule has 0 aromatic carbocycles. The summed E-state index contributed by atoms with van der Waals surface area (Å²) in [5.74, 6) is 4.93. The molecule has 0 spiro atoms. The molecule has 0 aromatic heterocycles. The maximum absolute atomic E-state index is 12.3. The molecular formula is C22H34OSi. The van der Waals surface area contributed by atoms with Crippen molar-refractivity contribution in [3.8, 4) is 11.5 Å². The first-order chi connectivity index (χ1) is 11.2. The molecule has 0 radical (unpaired) electrons. The summed E-state index contributed by atoms with van der Waals surface area (Å²) >= 11 is 0. The molecule has 0 aromatic rings. The number of carbonyl (C=O) groups is 1. The number of rotatable bonds is 1. The first-order valence-corrected chi connectivity index (χ1v) is 13.4. The predicted molar refractivity (Wildman–Crippen MR) is 104 cm³/mol. The summed E-state index contributed by atoms with van der Waals surface area (Å²) < 4.78 is 0. The van der Waals surface area contributed by atoms with Gasteiger partial charge in [0.15, 0.2) is 0 Å². The summed E-state index contributed by atoms with van der Waals surface area (Å²) in [4.78, 5) is 12.3. The number of fused-ring (bicyclic) bond motifs is 3. The van der Waals surface area contributed by atoms with E-state index in [4.69, 9.17) is 0 Å². The van der Waals surface area contributed by atoms with Crippen molar-refractivity contribution in [3.63, 3.8) is 0 Å². The lowest BCUT2D eigenvalue weighted by atomic mass is 9.46. The summed E-state index contributed by atoms with van der Waals surface area (Å²) in [5.41, 5.74) is 5.86. The average Bonchev–Trinajstić information content (AvgIpc) is 2.50. The Kier molecular flexibility index (Phi) is 4.62. The van der Waals surface area contributed by atoms with Gasteiger partial charge in [0.2, 0.25) is 0 Å². The normalized spacial score (nSPS) is 39.2. The van der Waals surface area contributed by atoms with E-state index >= 15 is 0 Å². The third kappa shape index (κ3) is 3.05. The minimum atomic E-state index is -1.30. The van der Waals surface area contributed by atoms with Crippen LogP contribution in [-0.2, 0) is 4.79 Å². The summed E-state index contributed by atoms with van der Waals surface area (Å²) in [6, 6.07) is 0. The molecule has 0 saturated heterocycles. The molecule has 24 heavy (non-hydrogen) atoms. The average molecular weight is 343 g/mol. The fourth-order valence-electron chi connectivity index (χ4n) is 5.79. The Bertz CT molecular complexity index is 614. The van der Waals surface area contributed by atoms with E-state index in [0.29, 0.717) is 17.1 Å². The van der Waals surface area contributed by atoms with Crippen LogP contribution in [0.3, 0.4) is 0 Å². The minimum absolute atomic E-state index is 0.243. The molecular weight excluding hydrogens is 308 g/mol. The lowest BCUT2D eigenvalue weighted by Crippen LogP contribution is -2.50. The van der Waals surface area contributed by atoms with Crippen LogP contribution in [0.15, 0.2) is 11.6 Å². The lowest BCUT2D eigenvalue weighted by Gasteiger charge is -2.58. The fraction of sp³-hybridized carbons (Fsp3) is 0.773. The molecule has 132 valence electrons. The van der Waals surface area contributed by atoms with Crippen molar-refractivity contribution in [2.45, 2.75) is 84.9 Å². The number of hydrogen-bond acceptors (Lipinski definition) is 1. The smallest absolute Gasteiger partial charge is 0.136 e. The molecule has 0 N–H and O–H groups in total. The third-order valence-electron chi connectivity index (χ3n) is 7.04. The van der Waals surface area contributed by atoms with Gasteiger partial charge in [0.1, 0.15) is 13.9 Å². The van der Waals surface area contributed by atoms with Crippen molar-refractivity contribution in [1.29, 1.82) is 0 Å². The van der Waals surface area contributed by atoms with Gasteiger partial charge in [0, 0.05) is 24.2 Å². The van der Waals surface area contributed by atoms with Crippen LogP contribution in [-0.4, -0.2) is 13.9 Å². The molecule has 2 saturated carbocycles. The van der Waals surface area contributed by atoms with E-state index < -0.39 is 8.07 Å². The van der Waals surface area contributed by atoms with E-state index in [1.54, 1.807) is 5.57 Å². The van der Waals surface area contributed by atoms with Gasteiger partial charge in [-0.15, -0.1) is 11.5 Å². The van der Waals surface area contributed by atoms with Crippen LogP contribution in [0, 0.1) is 34.1 Å². The number of carbonyl (C=O) groups excluding carboxylic acids is 1. The number of allylic oxidation sites excluding steroid dienone is 2. The van der Waals surface area contributed by atoms with Crippen LogP contribution >= 0.6 is 0 Å². The van der Waals surface area contributed by atoms with Gasteiger partial charge in [-0.05, 0) is 49.9 Å². The van der Waals surface area contributed by atoms with Gasteiger partial charge in [-0.3, -0.25) is 4.79 Å². The maximum Gasteiger partial charge on any atom is 0.136 e. The molecule has 0 aliphatic heterocycles. The molecule has 0 bridgehead atoms. The zero-order valence-electron chi connectivity index (χ0n) is 16.3. The van der Waals surface area contributed by atoms with Crippen LogP contribution < -0.4 is 0 Å². The summed E-state index contributed by atoms with van der Waals surface area (Å²) in [7, 11) is -1.30. The topological polar surface area (TPSA) is 17.1 Å². The van der Waals surface area contributed by atoms with Gasteiger partial charge in [-0.1, -0.05) is 45.1 Å². The van der Waals surface area contributed by atoms with Crippen molar-refractivity contribution >= 4 is 13.9 Å². The second-order valence-corrected chi connectivity index (χ2v) is 14.6. The maximum atomic E-state index is 12.3. The molecule has 0 amide bonds. The van der Waals surface area contributed by atoms with Crippen LogP contribution in [0.5, 0.6) is 0 Å². The Labute approximate surface area is 149 Å². The van der Waals surface area contributed by atoms with Crippen molar-refractivity contribution in [1.82, 2.24) is 0 Å². The molecule has 2 fully saturated rings. The number of Topliss-reactive ketones (excluding diaryl/α,β-unsaturated/α-hetero) is 1. The predicted octanol–water partition coefficient (Wildman–Crippen LogP) is 5.77. The second kappa shape index (κ2) is 6.17. The van der Waals surface area contributed by atoms with Gasteiger partial charge in [-0.25, -0.2) is 0 Å². The van der Waals surface area contributed by atoms with E-state index in [9.17, 15) is 4.79 Å². The monoisotopic (exact) mass is 342 g/mol. The number of hydrogen-bond donors (Lipinski definition) is 0. The first kappa shape index (κ1) is 18.0. The van der Waals surface area contributed by atoms with Gasteiger partial charge < -0.3 is 0 Å². The van der Waals surface area contributed by atoms with E-state index in [2.05, 4.69) is 51.0 Å². The van der Waals surface area contributed by atoms with Gasteiger partial charge >= 0.3 is 0 Å². The molecule has 3 rings (SSSR count). The zero-order valence-corrected chi connectivity index (χ0v) is 17.3. The van der Waals surface area contributed by atoms with E-state index in [-0.39, 0.29) is 11.3 Å². The van der Waals surface area contributed by atoms with Crippen LogP contribution in [0.4, 0.5) is 0 Å². The lowest BCUT2D eigenvalue weighted by molar-refractivity contribution is -0.131. The summed E-state index contributed by atoms with van der Waals surface area (Å²) in [6.45, 7) is 11.7. The highest BCUT2D eigenvalue weighted by molar-refractivity contribution is 6.83. The molecule has 3 aliphatic rings. The highest BCUT2D eigenvalue weighted by Crippen LogP contribution is 2.63. The van der Waals surface area contributed by atoms with Crippen molar-refractivity contribution < 1.29 is 4.79 Å². The van der Waals surface area contributed by atoms with E-state index in [0.717, 1.165) is 19.3 Å². The Hall–Kier alpha value is -0.813. The minimum Gasteiger partial charge on any atom is -0.299 e.